The third kappa shape index (κ3) is 4.85. The number of nitrogens with one attached hydrogen (secondary N) is 2. The van der Waals surface area contributed by atoms with Gasteiger partial charge in [-0.3, -0.25) is 0 Å². The van der Waals surface area contributed by atoms with Gasteiger partial charge in [0.2, 0.25) is 0 Å². The van der Waals surface area contributed by atoms with E-state index < -0.39 is 0 Å². The Morgan fingerprint density at radius 3 is 2.55 bits per heavy atom. The summed E-state index contributed by atoms with van der Waals surface area (Å²) in [4.78, 5) is 0. The van der Waals surface area contributed by atoms with E-state index in [-0.39, 0.29) is 6.10 Å². The lowest BCUT2D eigenvalue weighted by molar-refractivity contribution is 0.242. The van der Waals surface area contributed by atoms with Crippen LogP contribution in [0.3, 0.4) is 0 Å². The maximum Gasteiger partial charge on any atom is 0.121 e. The minimum atomic E-state index is 0.183. The van der Waals surface area contributed by atoms with Gasteiger partial charge in [0.25, 0.3) is 0 Å². The van der Waals surface area contributed by atoms with Gasteiger partial charge in [-0.2, -0.15) is 0 Å². The fraction of sp³-hybridized carbons (Fsp3) is 0.333. The van der Waals surface area contributed by atoms with E-state index in [0.717, 1.165) is 40.8 Å². The van der Waals surface area contributed by atoms with Crippen molar-refractivity contribution in [1.82, 2.24) is 0 Å². The highest BCUT2D eigenvalue weighted by molar-refractivity contribution is 6.31. The van der Waals surface area contributed by atoms with E-state index in [2.05, 4.69) is 10.6 Å². The summed E-state index contributed by atoms with van der Waals surface area (Å²) in [5.41, 5.74) is 3.21. The van der Waals surface area contributed by atoms with Crippen molar-refractivity contribution in [1.29, 1.82) is 0 Å². The molecule has 2 aromatic rings. The van der Waals surface area contributed by atoms with Gasteiger partial charge in [-0.05, 0) is 50.6 Å². The molecule has 0 amide bonds. The number of benzene rings is 2. The molecule has 0 bridgehead atoms. The van der Waals surface area contributed by atoms with E-state index in [1.165, 1.54) is 0 Å². The van der Waals surface area contributed by atoms with Crippen molar-refractivity contribution in [3.8, 4) is 5.75 Å². The van der Waals surface area contributed by atoms with Gasteiger partial charge in [0.05, 0.1) is 6.10 Å². The smallest absolute Gasteiger partial charge is 0.121 e. The Balaban J connectivity index is 1.82. The second-order valence-electron chi connectivity index (χ2n) is 5.46. The van der Waals surface area contributed by atoms with Crippen molar-refractivity contribution in [3.63, 3.8) is 0 Å². The minimum absolute atomic E-state index is 0.183. The normalized spacial score (nSPS) is 10.6. The molecule has 0 saturated heterocycles. The van der Waals surface area contributed by atoms with Crippen molar-refractivity contribution in [2.75, 3.05) is 23.7 Å². The van der Waals surface area contributed by atoms with Crippen molar-refractivity contribution in [2.45, 2.75) is 26.9 Å². The molecule has 3 nitrogen and oxygen atoms in total. The SMILES string of the molecule is Cc1c(Cl)cccc1NCCNc1cccc(OC(C)C)c1. The van der Waals surface area contributed by atoms with Crippen LogP contribution in [-0.2, 0) is 0 Å². The van der Waals surface area contributed by atoms with Gasteiger partial charge in [-0.25, -0.2) is 0 Å². The molecule has 2 N–H and O–H groups in total. The van der Waals surface area contributed by atoms with E-state index in [0.29, 0.717) is 0 Å². The van der Waals surface area contributed by atoms with Gasteiger partial charge < -0.3 is 15.4 Å². The van der Waals surface area contributed by atoms with Crippen molar-refractivity contribution < 1.29 is 4.74 Å². The number of ether oxygens (including phenoxy) is 1. The van der Waals surface area contributed by atoms with E-state index in [1.807, 2.05) is 63.2 Å². The summed E-state index contributed by atoms with van der Waals surface area (Å²) in [7, 11) is 0. The molecular weight excluding hydrogens is 296 g/mol. The topological polar surface area (TPSA) is 33.3 Å². The molecule has 2 rings (SSSR count). The summed E-state index contributed by atoms with van der Waals surface area (Å²) in [5.74, 6) is 0.888. The molecule has 0 atom stereocenters. The number of hydrogen-bond donors (Lipinski definition) is 2. The van der Waals surface area contributed by atoms with Gasteiger partial charge in [-0.1, -0.05) is 23.7 Å². The zero-order valence-corrected chi connectivity index (χ0v) is 14.1. The molecule has 0 unspecified atom stereocenters. The van der Waals surface area contributed by atoms with Crippen LogP contribution in [0.5, 0.6) is 5.75 Å². The molecule has 0 spiro atoms. The van der Waals surface area contributed by atoms with E-state index in [1.54, 1.807) is 0 Å². The Hall–Kier alpha value is -1.87. The van der Waals surface area contributed by atoms with Crippen LogP contribution < -0.4 is 15.4 Å². The first kappa shape index (κ1) is 16.5. The van der Waals surface area contributed by atoms with Crippen LogP contribution in [-0.4, -0.2) is 19.2 Å². The Morgan fingerprint density at radius 2 is 1.77 bits per heavy atom. The average molecular weight is 319 g/mol. The van der Waals surface area contributed by atoms with E-state index >= 15 is 0 Å². The van der Waals surface area contributed by atoms with Gasteiger partial charge in [0.15, 0.2) is 0 Å². The Bertz CT molecular complexity index is 614. The van der Waals surface area contributed by atoms with Crippen LogP contribution in [0.15, 0.2) is 42.5 Å². The maximum atomic E-state index is 6.11. The summed E-state index contributed by atoms with van der Waals surface area (Å²) in [6, 6.07) is 13.9. The minimum Gasteiger partial charge on any atom is -0.491 e. The Morgan fingerprint density at radius 1 is 1.05 bits per heavy atom. The quantitative estimate of drug-likeness (QED) is 0.708. The predicted molar refractivity (Wildman–Crippen MR) is 95.4 cm³/mol. The highest BCUT2D eigenvalue weighted by atomic mass is 35.5. The van der Waals surface area contributed by atoms with Gasteiger partial charge in [0.1, 0.15) is 5.75 Å². The molecule has 0 aliphatic carbocycles. The van der Waals surface area contributed by atoms with Crippen LogP contribution in [0.1, 0.15) is 19.4 Å². The van der Waals surface area contributed by atoms with Gasteiger partial charge >= 0.3 is 0 Å². The van der Waals surface area contributed by atoms with Crippen molar-refractivity contribution in [2.24, 2.45) is 0 Å². The molecule has 0 aromatic heterocycles. The summed E-state index contributed by atoms with van der Waals surface area (Å²) in [5, 5.41) is 7.57. The van der Waals surface area contributed by atoms with Crippen LogP contribution >= 0.6 is 11.6 Å². The molecule has 2 aromatic carbocycles. The molecule has 0 saturated carbocycles. The fourth-order valence-corrected chi connectivity index (χ4v) is 2.33. The highest BCUT2D eigenvalue weighted by Gasteiger charge is 2.01. The third-order valence-electron chi connectivity index (χ3n) is 3.24. The van der Waals surface area contributed by atoms with E-state index in [4.69, 9.17) is 16.3 Å². The Kier molecular flexibility index (Phi) is 5.96. The van der Waals surface area contributed by atoms with Crippen LogP contribution in [0.25, 0.3) is 0 Å². The van der Waals surface area contributed by atoms with Gasteiger partial charge in [0, 0.05) is 35.6 Å². The number of halogens is 1. The molecule has 0 fully saturated rings. The zero-order chi connectivity index (χ0) is 15.9. The first-order valence-corrected chi connectivity index (χ1v) is 7.93. The molecule has 22 heavy (non-hydrogen) atoms. The standard InChI is InChI=1S/C18H23ClN2O/c1-13(2)22-16-7-4-6-15(12-16)20-10-11-21-18-9-5-8-17(19)14(18)3/h4-9,12-13,20-21H,10-11H2,1-3H3. The van der Waals surface area contributed by atoms with E-state index in [9.17, 15) is 0 Å². The second-order valence-corrected chi connectivity index (χ2v) is 5.87. The third-order valence-corrected chi connectivity index (χ3v) is 3.65. The monoisotopic (exact) mass is 318 g/mol. The largest absolute Gasteiger partial charge is 0.491 e. The molecule has 0 aliphatic rings. The lowest BCUT2D eigenvalue weighted by atomic mass is 10.2. The first-order valence-electron chi connectivity index (χ1n) is 7.56. The lowest BCUT2D eigenvalue weighted by Gasteiger charge is -2.13. The molecule has 0 heterocycles. The van der Waals surface area contributed by atoms with Crippen LogP contribution in [0, 0.1) is 6.92 Å². The fourth-order valence-electron chi connectivity index (χ4n) is 2.15. The highest BCUT2D eigenvalue weighted by Crippen LogP contribution is 2.22. The summed E-state index contributed by atoms with van der Waals surface area (Å²) >= 11 is 6.11. The molecule has 4 heteroatoms. The number of anilines is 2. The number of rotatable bonds is 7. The van der Waals surface area contributed by atoms with Gasteiger partial charge in [-0.15, -0.1) is 0 Å². The molecular formula is C18H23ClN2O. The molecule has 0 radical (unpaired) electrons. The molecule has 118 valence electrons. The second kappa shape index (κ2) is 7.95. The summed E-state index contributed by atoms with van der Waals surface area (Å²) in [6.45, 7) is 7.70. The number of hydrogen-bond acceptors (Lipinski definition) is 3. The summed E-state index contributed by atoms with van der Waals surface area (Å²) in [6.07, 6.45) is 0.183. The van der Waals surface area contributed by atoms with Crippen molar-refractivity contribution >= 4 is 23.0 Å². The first-order chi connectivity index (χ1) is 10.6. The van der Waals surface area contributed by atoms with Crippen molar-refractivity contribution in [3.05, 3.63) is 53.1 Å². The maximum absolute atomic E-state index is 6.11. The average Bonchev–Trinajstić information content (AvgIpc) is 2.47. The predicted octanol–water partition coefficient (Wildman–Crippen LogP) is 4.96. The van der Waals surface area contributed by atoms with Crippen LogP contribution in [0.2, 0.25) is 5.02 Å². The van der Waals surface area contributed by atoms with Crippen LogP contribution in [0.4, 0.5) is 11.4 Å². The molecule has 0 aliphatic heterocycles. The lowest BCUT2D eigenvalue weighted by Crippen LogP contribution is -2.14. The Labute approximate surface area is 137 Å². The zero-order valence-electron chi connectivity index (χ0n) is 13.3. The summed E-state index contributed by atoms with van der Waals surface area (Å²) < 4.78 is 5.69.